The van der Waals surface area contributed by atoms with Crippen molar-refractivity contribution < 1.29 is 18.5 Å². The normalized spacial score (nSPS) is 17.0. The number of hydrogen-bond acceptors (Lipinski definition) is 4. The first-order chi connectivity index (χ1) is 21.0. The number of rotatable bonds is 13. The summed E-state index contributed by atoms with van der Waals surface area (Å²) < 4.78 is 26.7. The lowest BCUT2D eigenvalue weighted by molar-refractivity contribution is 0.391. The number of methoxy groups -OCH3 is 2. The van der Waals surface area contributed by atoms with Gasteiger partial charge in [-0.3, -0.25) is 0 Å². The van der Waals surface area contributed by atoms with Crippen LogP contribution in [0, 0.1) is 0 Å². The van der Waals surface area contributed by atoms with Gasteiger partial charge in [-0.25, -0.2) is 0 Å². The van der Waals surface area contributed by atoms with Crippen molar-refractivity contribution in [3.05, 3.63) is 35.4 Å². The highest BCUT2D eigenvalue weighted by molar-refractivity contribution is 7.54. The van der Waals surface area contributed by atoms with Crippen LogP contribution in [0.2, 0.25) is 0 Å². The quantitative estimate of drug-likeness (QED) is 0.204. The van der Waals surface area contributed by atoms with Crippen LogP contribution >= 0.6 is 16.3 Å². The lowest BCUT2D eigenvalue weighted by atomic mass is 9.81. The van der Waals surface area contributed by atoms with Gasteiger partial charge in [-0.15, -0.1) is 0 Å². The van der Waals surface area contributed by atoms with Gasteiger partial charge in [0.05, 0.1) is 30.5 Å². The Bertz CT molecular complexity index is 1090. The minimum absolute atomic E-state index is 0.425. The van der Waals surface area contributed by atoms with Gasteiger partial charge in [0.25, 0.3) is 0 Å². The summed E-state index contributed by atoms with van der Waals surface area (Å²) in [6.45, 7) is 18.3. The highest BCUT2D eigenvalue weighted by atomic mass is 31.1. The van der Waals surface area contributed by atoms with Gasteiger partial charge in [-0.2, -0.15) is 0 Å². The van der Waals surface area contributed by atoms with Crippen LogP contribution in [0.4, 0.5) is 0 Å². The Morgan fingerprint density at radius 3 is 1.09 bits per heavy atom. The van der Waals surface area contributed by atoms with Crippen molar-refractivity contribution in [2.24, 2.45) is 0 Å². The van der Waals surface area contributed by atoms with E-state index in [0.717, 1.165) is 34.1 Å². The molecule has 246 valence electrons. The predicted octanol–water partition coefficient (Wildman–Crippen LogP) is 12.7. The molecule has 2 aliphatic rings. The van der Waals surface area contributed by atoms with Gasteiger partial charge in [0.1, 0.15) is 0 Å². The number of ether oxygens (including phenoxy) is 2. The molecule has 0 amide bonds. The standard InChI is InChI=1S/C38H60O4P2/c1-25(2)43(26(3)4)41-37-33(21-31(23-35(37)39-9)29-17-13-11-14-18-29)34-22-32(30-19-15-12-16-20-30)24-36(40-10)38(34)42-44(27(5)6)28(7)8/h21-30H,11-20H2,1-10H3. The van der Waals surface area contributed by atoms with Crippen LogP contribution in [-0.4, -0.2) is 36.9 Å². The molecule has 2 fully saturated rings. The molecule has 2 aromatic rings. The van der Waals surface area contributed by atoms with Crippen LogP contribution in [0.15, 0.2) is 24.3 Å². The maximum absolute atomic E-state index is 7.15. The fraction of sp³-hybridized carbons (Fsp3) is 0.684. The van der Waals surface area contributed by atoms with Crippen LogP contribution in [0.1, 0.15) is 143 Å². The maximum atomic E-state index is 7.15. The molecule has 0 bridgehead atoms. The molecule has 2 saturated carbocycles. The Hall–Kier alpha value is -1.50. The van der Waals surface area contributed by atoms with Gasteiger partial charge in [-0.05, 0) is 72.9 Å². The molecule has 2 aromatic carbocycles. The van der Waals surface area contributed by atoms with Crippen molar-refractivity contribution in [1.82, 2.24) is 0 Å². The smallest absolute Gasteiger partial charge is 0.173 e. The zero-order valence-corrected chi connectivity index (χ0v) is 31.2. The fourth-order valence-corrected chi connectivity index (χ4v) is 11.3. The summed E-state index contributed by atoms with van der Waals surface area (Å²) >= 11 is 0. The van der Waals surface area contributed by atoms with E-state index in [-0.39, 0.29) is 0 Å². The zero-order valence-electron chi connectivity index (χ0n) is 29.4. The molecule has 0 atom stereocenters. The van der Waals surface area contributed by atoms with Gasteiger partial charge < -0.3 is 18.5 Å². The van der Waals surface area contributed by atoms with Gasteiger partial charge in [-0.1, -0.05) is 93.9 Å². The molecule has 0 N–H and O–H groups in total. The van der Waals surface area contributed by atoms with Crippen LogP contribution in [0.3, 0.4) is 0 Å². The first-order valence-corrected chi connectivity index (χ1v) is 20.2. The first-order valence-electron chi connectivity index (χ1n) is 17.4. The molecule has 4 rings (SSSR count). The Kier molecular flexibility index (Phi) is 13.1. The molecule has 0 spiro atoms. The second kappa shape index (κ2) is 16.4. The third kappa shape index (κ3) is 8.45. The van der Waals surface area contributed by atoms with Gasteiger partial charge >= 0.3 is 0 Å². The lowest BCUT2D eigenvalue weighted by Crippen LogP contribution is -2.12. The van der Waals surface area contributed by atoms with Crippen molar-refractivity contribution in [3.8, 4) is 34.1 Å². The number of benzene rings is 2. The zero-order chi connectivity index (χ0) is 32.0. The Morgan fingerprint density at radius 2 is 0.818 bits per heavy atom. The number of hydrogen-bond donors (Lipinski definition) is 0. The molecule has 0 heterocycles. The lowest BCUT2D eigenvalue weighted by Gasteiger charge is -2.32. The summed E-state index contributed by atoms with van der Waals surface area (Å²) in [7, 11) is 2.14. The summed E-state index contributed by atoms with van der Waals surface area (Å²) in [4.78, 5) is 0. The van der Waals surface area contributed by atoms with E-state index in [4.69, 9.17) is 18.5 Å². The average Bonchev–Trinajstić information content (AvgIpc) is 3.01. The van der Waals surface area contributed by atoms with Crippen molar-refractivity contribution in [1.29, 1.82) is 0 Å². The monoisotopic (exact) mass is 642 g/mol. The molecule has 0 radical (unpaired) electrons. The highest BCUT2D eigenvalue weighted by Crippen LogP contribution is 2.58. The van der Waals surface area contributed by atoms with E-state index >= 15 is 0 Å². The highest BCUT2D eigenvalue weighted by Gasteiger charge is 2.31. The van der Waals surface area contributed by atoms with Crippen molar-refractivity contribution in [2.75, 3.05) is 14.2 Å². The molecular formula is C38H60O4P2. The summed E-state index contributed by atoms with van der Waals surface area (Å²) in [5.74, 6) is 4.51. The van der Waals surface area contributed by atoms with Crippen LogP contribution < -0.4 is 18.5 Å². The third-order valence-corrected chi connectivity index (χ3v) is 14.3. The Morgan fingerprint density at radius 1 is 0.500 bits per heavy atom. The van der Waals surface area contributed by atoms with E-state index in [1.807, 2.05) is 0 Å². The van der Waals surface area contributed by atoms with Gasteiger partial charge in [0, 0.05) is 33.8 Å². The largest absolute Gasteiger partial charge is 0.493 e. The summed E-state index contributed by atoms with van der Waals surface area (Å²) in [5, 5.41) is 0. The molecule has 0 aromatic heterocycles. The summed E-state index contributed by atoms with van der Waals surface area (Å²) in [6.07, 6.45) is 12.8. The first kappa shape index (κ1) is 35.4. The van der Waals surface area contributed by atoms with Crippen LogP contribution in [0.5, 0.6) is 23.0 Å². The van der Waals surface area contributed by atoms with Gasteiger partial charge in [0.15, 0.2) is 23.0 Å². The molecule has 0 unspecified atom stereocenters. The van der Waals surface area contributed by atoms with E-state index in [1.54, 1.807) is 14.2 Å². The third-order valence-electron chi connectivity index (χ3n) is 9.47. The Labute approximate surface area is 272 Å². The second-order valence-electron chi connectivity index (χ2n) is 14.1. The predicted molar refractivity (Wildman–Crippen MR) is 192 cm³/mol. The van der Waals surface area contributed by atoms with E-state index in [9.17, 15) is 0 Å². The SMILES string of the molecule is COc1cc(C2CCCCC2)cc(-c2cc(C3CCCCC3)cc(OC)c2OP(C(C)C)C(C)C)c1OP(C(C)C)C(C)C. The van der Waals surface area contributed by atoms with Crippen molar-refractivity contribution in [2.45, 2.75) is 154 Å². The van der Waals surface area contributed by atoms with E-state index in [2.05, 4.69) is 79.7 Å². The maximum Gasteiger partial charge on any atom is 0.173 e. The molecule has 0 saturated heterocycles. The van der Waals surface area contributed by atoms with Crippen LogP contribution in [0.25, 0.3) is 11.1 Å². The van der Waals surface area contributed by atoms with Crippen molar-refractivity contribution in [3.63, 3.8) is 0 Å². The topological polar surface area (TPSA) is 36.9 Å². The molecule has 44 heavy (non-hydrogen) atoms. The molecular weight excluding hydrogens is 582 g/mol. The van der Waals surface area contributed by atoms with Crippen molar-refractivity contribution >= 4 is 16.3 Å². The average molecular weight is 643 g/mol. The summed E-state index contributed by atoms with van der Waals surface area (Å²) in [6, 6.07) is 9.42. The van der Waals surface area contributed by atoms with E-state index in [1.165, 1.54) is 75.3 Å². The molecule has 4 nitrogen and oxygen atoms in total. The van der Waals surface area contributed by atoms with E-state index in [0.29, 0.717) is 34.5 Å². The van der Waals surface area contributed by atoms with Crippen LogP contribution in [-0.2, 0) is 0 Å². The Balaban J connectivity index is 2.02. The fourth-order valence-electron chi connectivity index (χ4n) is 7.31. The molecule has 6 heteroatoms. The second-order valence-corrected chi connectivity index (χ2v) is 20.1. The summed E-state index contributed by atoms with van der Waals surface area (Å²) in [5.41, 5.74) is 6.64. The van der Waals surface area contributed by atoms with Gasteiger partial charge in [0.2, 0.25) is 0 Å². The molecule has 0 aliphatic heterocycles. The molecule has 2 aliphatic carbocycles. The minimum Gasteiger partial charge on any atom is -0.493 e. The van der Waals surface area contributed by atoms with E-state index < -0.39 is 16.3 Å². The minimum atomic E-state index is -0.734.